The van der Waals surface area contributed by atoms with E-state index in [1.807, 2.05) is 16.9 Å². The maximum Gasteiger partial charge on any atom is 0.354 e. The Kier molecular flexibility index (Phi) is 4.35. The molecule has 2 aromatic heterocycles. The molecule has 0 amide bonds. The van der Waals surface area contributed by atoms with Crippen LogP contribution < -0.4 is 0 Å². The molecular formula is C15H19N3O3S. The fourth-order valence-electron chi connectivity index (χ4n) is 2.94. The number of methoxy groups -OCH3 is 1. The summed E-state index contributed by atoms with van der Waals surface area (Å²) in [6.45, 7) is 3.51. The highest BCUT2D eigenvalue weighted by Crippen LogP contribution is 2.33. The van der Waals surface area contributed by atoms with Gasteiger partial charge in [-0.1, -0.05) is 18.7 Å². The predicted molar refractivity (Wildman–Crippen MR) is 84.3 cm³/mol. The molecule has 0 radical (unpaired) electrons. The second-order valence-electron chi connectivity index (χ2n) is 5.44. The second kappa shape index (κ2) is 6.26. The third-order valence-electron chi connectivity index (χ3n) is 4.06. The number of carbonyl (C=O) groups excluding carboxylic acids is 1. The number of nitrogens with zero attached hydrogens (tertiary/aromatic N) is 3. The molecule has 1 fully saturated rings. The third-order valence-corrected chi connectivity index (χ3v) is 4.62. The Morgan fingerprint density at radius 3 is 3.05 bits per heavy atom. The Balaban J connectivity index is 2.20. The number of esters is 1. The Morgan fingerprint density at radius 1 is 1.55 bits per heavy atom. The van der Waals surface area contributed by atoms with Crippen molar-refractivity contribution >= 4 is 28.8 Å². The highest BCUT2D eigenvalue weighted by atomic mass is 32.2. The normalized spacial score (nSPS) is 22.0. The van der Waals surface area contributed by atoms with Gasteiger partial charge in [0.2, 0.25) is 0 Å². The van der Waals surface area contributed by atoms with Crippen LogP contribution in [-0.4, -0.2) is 47.1 Å². The van der Waals surface area contributed by atoms with Gasteiger partial charge in [-0.05, 0) is 18.7 Å². The molecule has 118 valence electrons. The molecule has 0 unspecified atom stereocenters. The maximum absolute atomic E-state index is 12.2. The van der Waals surface area contributed by atoms with E-state index in [0.717, 1.165) is 17.5 Å². The first-order valence-corrected chi connectivity index (χ1v) is 8.46. The van der Waals surface area contributed by atoms with Crippen LogP contribution in [0, 0.1) is 5.92 Å². The van der Waals surface area contributed by atoms with E-state index in [1.165, 1.54) is 18.9 Å². The lowest BCUT2D eigenvalue weighted by Crippen LogP contribution is -2.30. The molecule has 7 heteroatoms. The molecule has 2 atom stereocenters. The lowest BCUT2D eigenvalue weighted by molar-refractivity contribution is 0.0273. The van der Waals surface area contributed by atoms with Crippen molar-refractivity contribution in [2.45, 2.75) is 24.5 Å². The Hall–Kier alpha value is -1.60. The minimum Gasteiger partial charge on any atom is -0.464 e. The largest absolute Gasteiger partial charge is 0.464 e. The summed E-state index contributed by atoms with van der Waals surface area (Å²) in [7, 11) is 1.40. The van der Waals surface area contributed by atoms with Crippen molar-refractivity contribution in [2.75, 3.05) is 26.6 Å². The standard InChI is InChI=1S/C15H19N3O3S/c1-9-8-21-5-4-11(9)18-12(14(19)20-2)6-10-7-16-15(22-3)17-13(10)18/h6-7,9,11H,4-5,8H2,1-3H3/t9-,11-/m0/s1. The zero-order valence-corrected chi connectivity index (χ0v) is 13.7. The summed E-state index contributed by atoms with van der Waals surface area (Å²) in [5, 5.41) is 1.56. The molecule has 0 saturated carbocycles. The number of carbonyl (C=O) groups is 1. The topological polar surface area (TPSA) is 66.2 Å². The number of rotatable bonds is 3. The first kappa shape index (κ1) is 15.3. The van der Waals surface area contributed by atoms with Crippen LogP contribution in [0.5, 0.6) is 0 Å². The summed E-state index contributed by atoms with van der Waals surface area (Å²) in [4.78, 5) is 21.1. The summed E-state index contributed by atoms with van der Waals surface area (Å²) in [5.74, 6) is -0.0390. The van der Waals surface area contributed by atoms with Crippen molar-refractivity contribution < 1.29 is 14.3 Å². The monoisotopic (exact) mass is 321 g/mol. The fourth-order valence-corrected chi connectivity index (χ4v) is 3.28. The molecule has 1 saturated heterocycles. The van der Waals surface area contributed by atoms with Crippen LogP contribution in [0.2, 0.25) is 0 Å². The molecule has 1 aliphatic rings. The number of hydrogen-bond donors (Lipinski definition) is 0. The molecule has 0 spiro atoms. The SMILES string of the molecule is COC(=O)c1cc2cnc(SC)nc2n1[C@H]1CCOC[C@@H]1C. The number of ether oxygens (including phenoxy) is 2. The molecule has 3 rings (SSSR count). The van der Waals surface area contributed by atoms with Gasteiger partial charge in [0, 0.05) is 30.1 Å². The molecule has 6 nitrogen and oxygen atoms in total. The molecule has 0 bridgehead atoms. The maximum atomic E-state index is 12.2. The minimum atomic E-state index is -0.345. The van der Waals surface area contributed by atoms with Crippen molar-refractivity contribution in [3.63, 3.8) is 0 Å². The lowest BCUT2D eigenvalue weighted by atomic mass is 9.97. The molecule has 0 aromatic carbocycles. The average Bonchev–Trinajstić information content (AvgIpc) is 2.92. The first-order chi connectivity index (χ1) is 10.7. The van der Waals surface area contributed by atoms with Crippen molar-refractivity contribution in [1.82, 2.24) is 14.5 Å². The Morgan fingerprint density at radius 2 is 2.36 bits per heavy atom. The van der Waals surface area contributed by atoms with Gasteiger partial charge in [-0.2, -0.15) is 0 Å². The third kappa shape index (κ3) is 2.59. The van der Waals surface area contributed by atoms with Gasteiger partial charge in [0.05, 0.1) is 13.7 Å². The highest BCUT2D eigenvalue weighted by molar-refractivity contribution is 7.98. The van der Waals surface area contributed by atoms with E-state index < -0.39 is 0 Å². The van der Waals surface area contributed by atoms with Gasteiger partial charge in [-0.3, -0.25) is 0 Å². The minimum absolute atomic E-state index is 0.171. The number of hydrogen-bond acceptors (Lipinski definition) is 6. The van der Waals surface area contributed by atoms with Crippen molar-refractivity contribution in [3.8, 4) is 0 Å². The number of thioether (sulfide) groups is 1. The summed E-state index contributed by atoms with van der Waals surface area (Å²) in [6.07, 6.45) is 4.56. The smallest absolute Gasteiger partial charge is 0.354 e. The van der Waals surface area contributed by atoms with Crippen LogP contribution in [0.1, 0.15) is 29.9 Å². The average molecular weight is 321 g/mol. The van der Waals surface area contributed by atoms with Gasteiger partial charge >= 0.3 is 5.97 Å². The van der Waals surface area contributed by atoms with Crippen LogP contribution in [0.4, 0.5) is 0 Å². The van der Waals surface area contributed by atoms with Gasteiger partial charge < -0.3 is 14.0 Å². The van der Waals surface area contributed by atoms with Crippen molar-refractivity contribution in [2.24, 2.45) is 5.92 Å². The Labute approximate surface area is 133 Å². The summed E-state index contributed by atoms with van der Waals surface area (Å²) < 4.78 is 12.5. The fraction of sp³-hybridized carbons (Fsp3) is 0.533. The molecule has 3 heterocycles. The molecule has 0 N–H and O–H groups in total. The molecule has 1 aliphatic heterocycles. The van der Waals surface area contributed by atoms with E-state index >= 15 is 0 Å². The van der Waals surface area contributed by atoms with Crippen LogP contribution in [0.25, 0.3) is 11.0 Å². The van der Waals surface area contributed by atoms with E-state index in [2.05, 4.69) is 16.9 Å². The van der Waals surface area contributed by atoms with E-state index in [1.54, 1.807) is 6.20 Å². The van der Waals surface area contributed by atoms with Crippen molar-refractivity contribution in [1.29, 1.82) is 0 Å². The van der Waals surface area contributed by atoms with E-state index in [4.69, 9.17) is 9.47 Å². The van der Waals surface area contributed by atoms with E-state index in [9.17, 15) is 4.79 Å². The molecule has 22 heavy (non-hydrogen) atoms. The summed E-state index contributed by atoms with van der Waals surface area (Å²) in [5.41, 5.74) is 1.32. The quantitative estimate of drug-likeness (QED) is 0.492. The van der Waals surface area contributed by atoms with Gasteiger partial charge in [0.1, 0.15) is 11.3 Å². The number of fused-ring (bicyclic) bond motifs is 1. The van der Waals surface area contributed by atoms with Crippen LogP contribution in [0.3, 0.4) is 0 Å². The summed E-state index contributed by atoms with van der Waals surface area (Å²) in [6, 6.07) is 1.98. The lowest BCUT2D eigenvalue weighted by Gasteiger charge is -2.31. The van der Waals surface area contributed by atoms with Gasteiger partial charge in [-0.15, -0.1) is 0 Å². The molecule has 2 aromatic rings. The van der Waals surface area contributed by atoms with Gasteiger partial charge in [0.25, 0.3) is 0 Å². The Bertz CT molecular complexity index is 701. The second-order valence-corrected chi connectivity index (χ2v) is 6.21. The number of aromatic nitrogens is 3. The predicted octanol–water partition coefficient (Wildman–Crippen LogP) is 2.54. The highest BCUT2D eigenvalue weighted by Gasteiger charge is 2.29. The van der Waals surface area contributed by atoms with E-state index in [0.29, 0.717) is 30.0 Å². The van der Waals surface area contributed by atoms with Crippen molar-refractivity contribution in [3.05, 3.63) is 18.0 Å². The molecule has 0 aliphatic carbocycles. The zero-order valence-electron chi connectivity index (χ0n) is 12.9. The zero-order chi connectivity index (χ0) is 15.7. The molecular weight excluding hydrogens is 302 g/mol. The summed E-state index contributed by atoms with van der Waals surface area (Å²) >= 11 is 1.49. The van der Waals surface area contributed by atoms with Gasteiger partial charge in [-0.25, -0.2) is 14.8 Å². The first-order valence-electron chi connectivity index (χ1n) is 7.23. The van der Waals surface area contributed by atoms with Crippen LogP contribution in [0.15, 0.2) is 17.4 Å². The van der Waals surface area contributed by atoms with Crippen LogP contribution in [-0.2, 0) is 9.47 Å². The van der Waals surface area contributed by atoms with Gasteiger partial charge in [0.15, 0.2) is 5.16 Å². The van der Waals surface area contributed by atoms with E-state index in [-0.39, 0.29) is 12.0 Å². The van der Waals surface area contributed by atoms with Crippen LogP contribution >= 0.6 is 11.8 Å².